The molecular formula is C16H30N2O3. The molecule has 0 aromatic heterocycles. The molecule has 2 rings (SSSR count). The highest BCUT2D eigenvalue weighted by atomic mass is 16.5. The first kappa shape index (κ1) is 16.6. The molecule has 1 spiro atoms. The Labute approximate surface area is 128 Å². The van der Waals surface area contributed by atoms with Gasteiger partial charge in [0.1, 0.15) is 0 Å². The molecule has 2 N–H and O–H groups in total. The number of carbonyl (C=O) groups excluding carboxylic acids is 1. The topological polar surface area (TPSA) is 61.8 Å². The lowest BCUT2D eigenvalue weighted by molar-refractivity contribution is -0.108. The van der Waals surface area contributed by atoms with Crippen molar-refractivity contribution in [2.24, 2.45) is 0 Å². The van der Waals surface area contributed by atoms with Crippen molar-refractivity contribution in [1.82, 2.24) is 10.2 Å². The molecular weight excluding hydrogens is 268 g/mol. The maximum Gasteiger partial charge on any atom is 0.317 e. The number of ether oxygens (including phenoxy) is 1. The van der Waals surface area contributed by atoms with Crippen molar-refractivity contribution < 1.29 is 14.6 Å². The Kier molecular flexibility index (Phi) is 6.30. The van der Waals surface area contributed by atoms with Gasteiger partial charge in [-0.3, -0.25) is 0 Å². The molecule has 122 valence electrons. The van der Waals surface area contributed by atoms with Crippen LogP contribution in [0.4, 0.5) is 4.79 Å². The van der Waals surface area contributed by atoms with E-state index in [1.165, 1.54) is 19.3 Å². The molecule has 5 nitrogen and oxygen atoms in total. The molecule has 2 fully saturated rings. The first-order valence-electron chi connectivity index (χ1n) is 8.49. The van der Waals surface area contributed by atoms with Crippen molar-refractivity contribution in [2.75, 3.05) is 26.3 Å². The third-order valence-electron chi connectivity index (χ3n) is 4.74. The molecule has 0 bridgehead atoms. The average molecular weight is 298 g/mol. The summed E-state index contributed by atoms with van der Waals surface area (Å²) in [5, 5.41) is 12.2. The first-order valence-corrected chi connectivity index (χ1v) is 8.49. The third kappa shape index (κ3) is 4.58. The van der Waals surface area contributed by atoms with Crippen LogP contribution in [-0.2, 0) is 4.74 Å². The van der Waals surface area contributed by atoms with E-state index in [1.807, 2.05) is 6.92 Å². The summed E-state index contributed by atoms with van der Waals surface area (Å²) in [6, 6.07) is 0.172. The number of nitrogens with zero attached hydrogens (tertiary/aromatic N) is 1. The van der Waals surface area contributed by atoms with Crippen molar-refractivity contribution in [1.29, 1.82) is 0 Å². The van der Waals surface area contributed by atoms with E-state index in [0.717, 1.165) is 38.7 Å². The fraction of sp³-hybridized carbons (Fsp3) is 0.938. The highest BCUT2D eigenvalue weighted by Gasteiger charge is 2.39. The Morgan fingerprint density at radius 3 is 2.76 bits per heavy atom. The van der Waals surface area contributed by atoms with E-state index in [1.54, 1.807) is 4.90 Å². The van der Waals surface area contributed by atoms with Crippen molar-refractivity contribution in [2.45, 2.75) is 69.9 Å². The molecule has 1 aliphatic carbocycles. The van der Waals surface area contributed by atoms with Crippen LogP contribution in [0.1, 0.15) is 58.3 Å². The van der Waals surface area contributed by atoms with Crippen LogP contribution in [0.5, 0.6) is 0 Å². The fourth-order valence-electron chi connectivity index (χ4n) is 3.67. The monoisotopic (exact) mass is 298 g/mol. The van der Waals surface area contributed by atoms with Crippen LogP contribution in [0.2, 0.25) is 0 Å². The fourth-order valence-corrected chi connectivity index (χ4v) is 3.67. The number of hydrogen-bond donors (Lipinski definition) is 2. The molecule has 1 aliphatic heterocycles. The van der Waals surface area contributed by atoms with Gasteiger partial charge >= 0.3 is 6.03 Å². The van der Waals surface area contributed by atoms with Crippen LogP contribution in [-0.4, -0.2) is 54.0 Å². The summed E-state index contributed by atoms with van der Waals surface area (Å²) < 4.78 is 6.07. The summed E-state index contributed by atoms with van der Waals surface area (Å²) in [4.78, 5) is 14.0. The maximum absolute atomic E-state index is 12.3. The molecule has 1 heterocycles. The average Bonchev–Trinajstić information content (AvgIpc) is 2.48. The van der Waals surface area contributed by atoms with E-state index < -0.39 is 0 Å². The zero-order valence-corrected chi connectivity index (χ0v) is 13.3. The molecule has 0 radical (unpaired) electrons. The molecule has 2 amide bonds. The second-order valence-corrected chi connectivity index (χ2v) is 6.44. The number of nitrogens with one attached hydrogen (secondary N) is 1. The quantitative estimate of drug-likeness (QED) is 0.818. The summed E-state index contributed by atoms with van der Waals surface area (Å²) in [6.07, 6.45) is 8.81. The second-order valence-electron chi connectivity index (χ2n) is 6.44. The van der Waals surface area contributed by atoms with Gasteiger partial charge in [-0.05, 0) is 32.1 Å². The standard InChI is InChI=1S/C16H30N2O3/c1-2-9-18(10-11-19)15(20)17-14-6-12-21-16(13-14)7-4-3-5-8-16/h14,19H,2-13H2,1H3,(H,17,20). The van der Waals surface area contributed by atoms with Gasteiger partial charge < -0.3 is 20.1 Å². The molecule has 21 heavy (non-hydrogen) atoms. The molecule has 1 saturated carbocycles. The second kappa shape index (κ2) is 7.99. The molecule has 5 heteroatoms. The Hall–Kier alpha value is -0.810. The number of aliphatic hydroxyl groups is 1. The Balaban J connectivity index is 1.87. The van der Waals surface area contributed by atoms with Gasteiger partial charge in [-0.2, -0.15) is 0 Å². The Morgan fingerprint density at radius 1 is 1.33 bits per heavy atom. The van der Waals surface area contributed by atoms with Crippen LogP contribution in [0.25, 0.3) is 0 Å². The lowest BCUT2D eigenvalue weighted by Crippen LogP contribution is -2.52. The van der Waals surface area contributed by atoms with Gasteiger partial charge in [0.05, 0.1) is 12.2 Å². The van der Waals surface area contributed by atoms with E-state index in [9.17, 15) is 4.79 Å². The minimum atomic E-state index is -0.0382. The first-order chi connectivity index (χ1) is 10.2. The lowest BCUT2D eigenvalue weighted by atomic mass is 9.78. The van der Waals surface area contributed by atoms with Crippen molar-refractivity contribution >= 4 is 6.03 Å². The van der Waals surface area contributed by atoms with E-state index in [0.29, 0.717) is 13.1 Å². The molecule has 1 saturated heterocycles. The van der Waals surface area contributed by atoms with Crippen molar-refractivity contribution in [3.63, 3.8) is 0 Å². The van der Waals surface area contributed by atoms with Gasteiger partial charge in [-0.1, -0.05) is 26.2 Å². The van der Waals surface area contributed by atoms with Crippen LogP contribution in [0, 0.1) is 0 Å². The zero-order chi connectivity index (χ0) is 15.1. The van der Waals surface area contributed by atoms with Crippen molar-refractivity contribution in [3.05, 3.63) is 0 Å². The van der Waals surface area contributed by atoms with Crippen molar-refractivity contribution in [3.8, 4) is 0 Å². The molecule has 2 aliphatic rings. The number of amides is 2. The minimum Gasteiger partial charge on any atom is -0.395 e. The summed E-state index contributed by atoms with van der Waals surface area (Å²) in [5.74, 6) is 0. The van der Waals surface area contributed by atoms with Gasteiger partial charge in [0.2, 0.25) is 0 Å². The third-order valence-corrected chi connectivity index (χ3v) is 4.74. The van der Waals surface area contributed by atoms with E-state index in [2.05, 4.69) is 5.32 Å². The van der Waals surface area contributed by atoms with E-state index in [4.69, 9.17) is 9.84 Å². The minimum absolute atomic E-state index is 0.0149. The van der Waals surface area contributed by atoms with E-state index >= 15 is 0 Å². The predicted octanol–water partition coefficient (Wildman–Crippen LogP) is 2.28. The summed E-state index contributed by atoms with van der Waals surface area (Å²) in [7, 11) is 0. The highest BCUT2D eigenvalue weighted by molar-refractivity contribution is 5.74. The van der Waals surface area contributed by atoms with Crippen LogP contribution >= 0.6 is 0 Å². The lowest BCUT2D eigenvalue weighted by Gasteiger charge is -2.44. The SMILES string of the molecule is CCCN(CCO)C(=O)NC1CCOC2(CCCCC2)C1. The van der Waals surface area contributed by atoms with Crippen LogP contribution in [0.3, 0.4) is 0 Å². The normalized spacial score (nSPS) is 24.8. The predicted molar refractivity (Wildman–Crippen MR) is 82.3 cm³/mol. The van der Waals surface area contributed by atoms with Crippen LogP contribution < -0.4 is 5.32 Å². The van der Waals surface area contributed by atoms with Crippen LogP contribution in [0.15, 0.2) is 0 Å². The number of hydrogen-bond acceptors (Lipinski definition) is 3. The van der Waals surface area contributed by atoms with Gasteiger partial charge in [-0.25, -0.2) is 4.79 Å². The number of urea groups is 1. The van der Waals surface area contributed by atoms with Gasteiger partial charge in [0, 0.05) is 25.7 Å². The molecule has 0 aromatic rings. The number of carbonyl (C=O) groups is 1. The number of aliphatic hydroxyl groups excluding tert-OH is 1. The molecule has 0 aromatic carbocycles. The molecule has 1 unspecified atom stereocenters. The Morgan fingerprint density at radius 2 is 2.10 bits per heavy atom. The summed E-state index contributed by atoms with van der Waals surface area (Å²) in [5.41, 5.74) is 0.0149. The number of rotatable bonds is 5. The zero-order valence-electron chi connectivity index (χ0n) is 13.3. The summed E-state index contributed by atoms with van der Waals surface area (Å²) in [6.45, 7) is 3.92. The van der Waals surface area contributed by atoms with Gasteiger partial charge in [0.25, 0.3) is 0 Å². The highest BCUT2D eigenvalue weighted by Crippen LogP contribution is 2.38. The maximum atomic E-state index is 12.3. The molecule has 1 atom stereocenters. The Bertz CT molecular complexity index is 318. The van der Waals surface area contributed by atoms with E-state index in [-0.39, 0.29) is 24.3 Å². The smallest absolute Gasteiger partial charge is 0.317 e. The summed E-state index contributed by atoms with van der Waals surface area (Å²) >= 11 is 0. The largest absolute Gasteiger partial charge is 0.395 e. The van der Waals surface area contributed by atoms with Gasteiger partial charge in [0.15, 0.2) is 0 Å². The van der Waals surface area contributed by atoms with Gasteiger partial charge in [-0.15, -0.1) is 0 Å².